The van der Waals surface area contributed by atoms with Crippen LogP contribution in [-0.2, 0) is 10.8 Å². The lowest BCUT2D eigenvalue weighted by Crippen LogP contribution is -2.13. The van der Waals surface area contributed by atoms with Crippen molar-refractivity contribution in [1.29, 1.82) is 0 Å². The number of hydrogen-bond acceptors (Lipinski definition) is 2. The minimum atomic E-state index is 0.0815. The van der Waals surface area contributed by atoms with Gasteiger partial charge in [0.15, 0.2) is 0 Å². The lowest BCUT2D eigenvalue weighted by Gasteiger charge is -2.27. The second kappa shape index (κ2) is 13.0. The van der Waals surface area contributed by atoms with Crippen molar-refractivity contribution in [2.45, 2.75) is 52.4 Å². The molecule has 0 spiro atoms. The Bertz CT molecular complexity index is 2930. The third kappa shape index (κ3) is 5.80. The highest BCUT2D eigenvalue weighted by Gasteiger charge is 2.24. The molecule has 0 saturated carbocycles. The van der Waals surface area contributed by atoms with Crippen LogP contribution in [0.4, 0.5) is 34.1 Å². The first-order valence-electron chi connectivity index (χ1n) is 20.1. The molecule has 0 aliphatic carbocycles. The van der Waals surface area contributed by atoms with Crippen LogP contribution in [0.1, 0.15) is 52.7 Å². The predicted octanol–water partition coefficient (Wildman–Crippen LogP) is 15.5. The van der Waals surface area contributed by atoms with Crippen molar-refractivity contribution in [2.75, 3.05) is 9.80 Å². The first-order chi connectivity index (χ1) is 27.5. The number of nitrogens with zero attached hydrogens (tertiary/aromatic N) is 3. The molecule has 2 aromatic heterocycles. The topological polar surface area (TPSA) is 10.9 Å². The number of anilines is 6. The highest BCUT2D eigenvalue weighted by molar-refractivity contribution is 6.31. The number of para-hydroxylation sites is 3. The average Bonchev–Trinajstić information content (AvgIpc) is 3.73. The minimum absolute atomic E-state index is 0.0815. The normalized spacial score (nSPS) is 12.4. The van der Waals surface area contributed by atoms with E-state index < -0.39 is 0 Å². The van der Waals surface area contributed by atoms with Gasteiger partial charge in [0.1, 0.15) is 0 Å². The quantitative estimate of drug-likeness (QED) is 0.168. The van der Waals surface area contributed by atoms with E-state index >= 15 is 0 Å². The van der Waals surface area contributed by atoms with Gasteiger partial charge >= 0.3 is 0 Å². The van der Waals surface area contributed by atoms with Gasteiger partial charge in [0, 0.05) is 55.7 Å². The Morgan fingerprint density at radius 3 is 1.39 bits per heavy atom. The molecule has 3 heteroatoms. The van der Waals surface area contributed by atoms with Gasteiger partial charge in [0.05, 0.1) is 16.6 Å². The van der Waals surface area contributed by atoms with E-state index in [-0.39, 0.29) is 10.8 Å². The molecule has 0 fully saturated rings. The van der Waals surface area contributed by atoms with Crippen LogP contribution in [0, 0.1) is 0 Å². The maximum atomic E-state index is 2.51. The fraction of sp³-hybridized carbons (Fsp3) is 0.148. The third-order valence-electron chi connectivity index (χ3n) is 11.8. The van der Waals surface area contributed by atoms with Crippen LogP contribution in [0.2, 0.25) is 0 Å². The summed E-state index contributed by atoms with van der Waals surface area (Å²) in [5.41, 5.74) is 13.3. The Morgan fingerprint density at radius 2 is 0.825 bits per heavy atom. The summed E-state index contributed by atoms with van der Waals surface area (Å²) >= 11 is 0. The van der Waals surface area contributed by atoms with Crippen molar-refractivity contribution in [3.8, 4) is 0 Å². The van der Waals surface area contributed by atoms with Gasteiger partial charge in [-0.05, 0) is 118 Å². The van der Waals surface area contributed by atoms with Crippen molar-refractivity contribution in [2.24, 2.45) is 0 Å². The second-order valence-electron chi connectivity index (χ2n) is 17.5. The number of hydrogen-bond donors (Lipinski definition) is 0. The highest BCUT2D eigenvalue weighted by atomic mass is 15.1. The Morgan fingerprint density at radius 1 is 0.351 bits per heavy atom. The third-order valence-corrected chi connectivity index (χ3v) is 11.8. The lowest BCUT2D eigenvalue weighted by molar-refractivity contribution is 0.590. The van der Waals surface area contributed by atoms with Gasteiger partial charge in [-0.3, -0.25) is 0 Å². The van der Waals surface area contributed by atoms with Crippen LogP contribution in [0.15, 0.2) is 176 Å². The van der Waals surface area contributed by atoms with E-state index in [1.165, 1.54) is 60.0 Å². The molecule has 10 aromatic rings. The molecule has 57 heavy (non-hydrogen) atoms. The van der Waals surface area contributed by atoms with Crippen molar-refractivity contribution in [3.63, 3.8) is 0 Å². The lowest BCUT2D eigenvalue weighted by atomic mass is 9.87. The maximum absolute atomic E-state index is 2.51. The first-order valence-corrected chi connectivity index (χ1v) is 20.1. The Kier molecular flexibility index (Phi) is 7.95. The SMILES string of the molecule is CC(C)(C)c1ccc(N(c2ccccc2)c2ccc3cc4c5ccc(N(c6ccccc6)c6ccc(C(C)(C)C)cc6)cc5n5c6ccccc6c(c3c2)c45)cc1. The summed E-state index contributed by atoms with van der Waals surface area (Å²) in [6.45, 7) is 13.6. The molecule has 2 heterocycles. The van der Waals surface area contributed by atoms with Gasteiger partial charge in [-0.15, -0.1) is 0 Å². The van der Waals surface area contributed by atoms with Crippen LogP contribution >= 0.6 is 0 Å². The van der Waals surface area contributed by atoms with Crippen LogP contribution < -0.4 is 9.80 Å². The van der Waals surface area contributed by atoms with Crippen LogP contribution in [0.3, 0.4) is 0 Å². The number of aromatic nitrogens is 1. The molecule has 0 N–H and O–H groups in total. The Hall–Kier alpha value is -6.58. The first kappa shape index (κ1) is 34.9. The number of fused-ring (bicyclic) bond motifs is 8. The molecule has 0 radical (unpaired) electrons. The molecule has 278 valence electrons. The van der Waals surface area contributed by atoms with E-state index in [4.69, 9.17) is 0 Å². The molecule has 0 aliphatic heterocycles. The number of benzene rings is 8. The number of rotatable bonds is 6. The van der Waals surface area contributed by atoms with Crippen LogP contribution in [0.25, 0.3) is 48.9 Å². The monoisotopic (exact) mass is 737 g/mol. The second-order valence-corrected chi connectivity index (χ2v) is 17.5. The maximum Gasteiger partial charge on any atom is 0.0627 e. The summed E-state index contributed by atoms with van der Waals surface area (Å²) in [6, 6.07) is 65.0. The summed E-state index contributed by atoms with van der Waals surface area (Å²) in [5, 5.41) is 7.60. The van der Waals surface area contributed by atoms with E-state index in [1.807, 2.05) is 0 Å². The zero-order chi connectivity index (χ0) is 39.1. The molecule has 0 unspecified atom stereocenters. The molecule has 10 rings (SSSR count). The molecular formula is C54H47N3. The molecule has 0 amide bonds. The van der Waals surface area contributed by atoms with E-state index in [2.05, 4.69) is 232 Å². The predicted molar refractivity (Wildman–Crippen MR) is 245 cm³/mol. The molecule has 8 aromatic carbocycles. The van der Waals surface area contributed by atoms with Gasteiger partial charge in [-0.2, -0.15) is 0 Å². The summed E-state index contributed by atoms with van der Waals surface area (Å²) in [5.74, 6) is 0. The molecule has 0 bridgehead atoms. The van der Waals surface area contributed by atoms with Crippen LogP contribution in [-0.4, -0.2) is 4.40 Å². The van der Waals surface area contributed by atoms with E-state index in [0.717, 1.165) is 34.1 Å². The smallest absolute Gasteiger partial charge is 0.0627 e. The Balaban J connectivity index is 1.20. The van der Waals surface area contributed by atoms with E-state index in [1.54, 1.807) is 0 Å². The van der Waals surface area contributed by atoms with Crippen LogP contribution in [0.5, 0.6) is 0 Å². The van der Waals surface area contributed by atoms with E-state index in [0.29, 0.717) is 0 Å². The van der Waals surface area contributed by atoms with Crippen molar-refractivity contribution >= 4 is 83.0 Å². The van der Waals surface area contributed by atoms with Gasteiger partial charge in [-0.1, -0.05) is 133 Å². The molecule has 0 atom stereocenters. The summed E-state index contributed by atoms with van der Waals surface area (Å²) in [6.07, 6.45) is 0. The molecular weight excluding hydrogens is 691 g/mol. The highest BCUT2D eigenvalue weighted by Crippen LogP contribution is 2.47. The van der Waals surface area contributed by atoms with Crippen molar-refractivity contribution in [3.05, 3.63) is 187 Å². The molecule has 0 aliphatic rings. The van der Waals surface area contributed by atoms with Crippen molar-refractivity contribution in [1.82, 2.24) is 4.40 Å². The fourth-order valence-corrected chi connectivity index (χ4v) is 8.81. The standard InChI is InChI=1S/C54H47N3/c1-53(2,3)37-22-27-41(28-23-37)55(39-15-9-7-10-16-39)43-26-21-36-33-48-45-32-31-44(35-50(45)57-49-20-14-13-19-46(49)51(52(48)57)47(36)34-43)56(40-17-11-8-12-18-40)42-29-24-38(25-30-42)54(4,5)6/h7-35H,1-6H3. The summed E-state index contributed by atoms with van der Waals surface area (Å²) in [7, 11) is 0. The fourth-order valence-electron chi connectivity index (χ4n) is 8.81. The van der Waals surface area contributed by atoms with E-state index in [9.17, 15) is 0 Å². The largest absolute Gasteiger partial charge is 0.310 e. The zero-order valence-electron chi connectivity index (χ0n) is 33.6. The van der Waals surface area contributed by atoms with Gasteiger partial charge in [-0.25, -0.2) is 0 Å². The van der Waals surface area contributed by atoms with Gasteiger partial charge in [0.25, 0.3) is 0 Å². The molecule has 3 nitrogen and oxygen atoms in total. The zero-order valence-corrected chi connectivity index (χ0v) is 33.6. The van der Waals surface area contributed by atoms with Crippen molar-refractivity contribution < 1.29 is 0 Å². The summed E-state index contributed by atoms with van der Waals surface area (Å²) in [4.78, 5) is 4.77. The molecule has 0 saturated heterocycles. The minimum Gasteiger partial charge on any atom is -0.310 e. The van der Waals surface area contributed by atoms with Gasteiger partial charge < -0.3 is 14.2 Å². The summed E-state index contributed by atoms with van der Waals surface area (Å²) < 4.78 is 2.51. The average molecular weight is 738 g/mol. The Labute approximate surface area is 335 Å². The van der Waals surface area contributed by atoms with Gasteiger partial charge in [0.2, 0.25) is 0 Å².